The molecule has 0 radical (unpaired) electrons. The van der Waals surface area contributed by atoms with Crippen LogP contribution in [0.15, 0.2) is 35.8 Å². The summed E-state index contributed by atoms with van der Waals surface area (Å²) in [5.41, 5.74) is 2.64. The molecule has 1 aromatic heterocycles. The number of aryl methyl sites for hydroxylation is 1. The second-order valence-corrected chi connectivity index (χ2v) is 4.18. The monoisotopic (exact) mass is 203 g/mol. The molecule has 0 fully saturated rings. The van der Waals surface area contributed by atoms with Crippen molar-refractivity contribution in [3.63, 3.8) is 0 Å². The van der Waals surface area contributed by atoms with Crippen LogP contribution in [0.1, 0.15) is 18.9 Å². The van der Waals surface area contributed by atoms with Crippen LogP contribution in [0, 0.1) is 0 Å². The van der Waals surface area contributed by atoms with Gasteiger partial charge in [0.15, 0.2) is 0 Å². The highest BCUT2D eigenvalue weighted by Gasteiger charge is 2.00. The SMILES string of the molecule is CCCc1cccc(-c2nccs2)c1. The first-order valence-electron chi connectivity index (χ1n) is 4.89. The van der Waals surface area contributed by atoms with E-state index in [0.717, 1.165) is 11.4 Å². The molecule has 0 amide bonds. The van der Waals surface area contributed by atoms with Gasteiger partial charge in [0, 0.05) is 17.1 Å². The van der Waals surface area contributed by atoms with Crippen molar-refractivity contribution in [1.82, 2.24) is 4.98 Å². The summed E-state index contributed by atoms with van der Waals surface area (Å²) in [4.78, 5) is 4.31. The van der Waals surface area contributed by atoms with Gasteiger partial charge in [-0.15, -0.1) is 11.3 Å². The first-order valence-corrected chi connectivity index (χ1v) is 5.77. The maximum atomic E-state index is 4.31. The average molecular weight is 203 g/mol. The topological polar surface area (TPSA) is 12.9 Å². The molecule has 0 saturated heterocycles. The number of nitrogens with zero attached hydrogens (tertiary/aromatic N) is 1. The minimum Gasteiger partial charge on any atom is -0.245 e. The summed E-state index contributed by atoms with van der Waals surface area (Å²) >= 11 is 1.69. The summed E-state index contributed by atoms with van der Waals surface area (Å²) in [6.45, 7) is 2.20. The highest BCUT2D eigenvalue weighted by Crippen LogP contribution is 2.22. The number of rotatable bonds is 3. The third-order valence-corrected chi connectivity index (χ3v) is 2.97. The lowest BCUT2D eigenvalue weighted by Gasteiger charge is -2.00. The fourth-order valence-electron chi connectivity index (χ4n) is 1.51. The summed E-state index contributed by atoms with van der Waals surface area (Å²) in [7, 11) is 0. The molecule has 2 rings (SSSR count). The molecule has 0 spiro atoms. The molecule has 0 aliphatic heterocycles. The lowest BCUT2D eigenvalue weighted by molar-refractivity contribution is 0.922. The van der Waals surface area contributed by atoms with Gasteiger partial charge in [-0.2, -0.15) is 0 Å². The quantitative estimate of drug-likeness (QED) is 0.740. The van der Waals surface area contributed by atoms with Gasteiger partial charge in [-0.05, 0) is 18.1 Å². The van der Waals surface area contributed by atoms with Gasteiger partial charge >= 0.3 is 0 Å². The van der Waals surface area contributed by atoms with Crippen LogP contribution in [0.3, 0.4) is 0 Å². The van der Waals surface area contributed by atoms with Gasteiger partial charge < -0.3 is 0 Å². The Kier molecular flexibility index (Phi) is 2.94. The summed E-state index contributed by atoms with van der Waals surface area (Å²) < 4.78 is 0. The third-order valence-electron chi connectivity index (χ3n) is 2.14. The molecule has 2 heteroatoms. The summed E-state index contributed by atoms with van der Waals surface area (Å²) in [6.07, 6.45) is 4.20. The van der Waals surface area contributed by atoms with Crippen molar-refractivity contribution in [2.24, 2.45) is 0 Å². The maximum absolute atomic E-state index is 4.31. The predicted molar refractivity (Wildman–Crippen MR) is 61.5 cm³/mol. The van der Waals surface area contributed by atoms with Gasteiger partial charge in [-0.1, -0.05) is 31.5 Å². The molecule has 2 aromatic rings. The number of hydrogen-bond acceptors (Lipinski definition) is 2. The second kappa shape index (κ2) is 4.38. The molecule has 72 valence electrons. The van der Waals surface area contributed by atoms with E-state index in [4.69, 9.17) is 0 Å². The normalized spacial score (nSPS) is 10.4. The molecule has 0 bridgehead atoms. The van der Waals surface area contributed by atoms with Crippen molar-refractivity contribution in [3.05, 3.63) is 41.4 Å². The van der Waals surface area contributed by atoms with E-state index in [1.54, 1.807) is 11.3 Å². The first-order chi connectivity index (χ1) is 6.90. The van der Waals surface area contributed by atoms with Gasteiger partial charge in [0.2, 0.25) is 0 Å². The Balaban J connectivity index is 2.31. The molecule has 0 aliphatic rings. The lowest BCUT2D eigenvalue weighted by Crippen LogP contribution is -1.83. The lowest BCUT2D eigenvalue weighted by atomic mass is 10.1. The first kappa shape index (κ1) is 9.41. The van der Waals surface area contributed by atoms with Crippen LogP contribution >= 0.6 is 11.3 Å². The van der Waals surface area contributed by atoms with E-state index in [2.05, 4.69) is 36.2 Å². The van der Waals surface area contributed by atoms with Crippen molar-refractivity contribution in [2.45, 2.75) is 19.8 Å². The van der Waals surface area contributed by atoms with Crippen LogP contribution in [-0.2, 0) is 6.42 Å². The Bertz CT molecular complexity index is 392. The van der Waals surface area contributed by atoms with E-state index in [1.807, 2.05) is 11.6 Å². The van der Waals surface area contributed by atoms with E-state index in [0.29, 0.717) is 0 Å². The molecule has 1 aromatic carbocycles. The highest BCUT2D eigenvalue weighted by molar-refractivity contribution is 7.13. The minimum absolute atomic E-state index is 1.11. The maximum Gasteiger partial charge on any atom is 0.123 e. The number of benzene rings is 1. The van der Waals surface area contributed by atoms with Gasteiger partial charge in [-0.3, -0.25) is 0 Å². The molecular weight excluding hydrogens is 190 g/mol. The van der Waals surface area contributed by atoms with E-state index < -0.39 is 0 Å². The van der Waals surface area contributed by atoms with Gasteiger partial charge in [0.1, 0.15) is 5.01 Å². The summed E-state index contributed by atoms with van der Waals surface area (Å²) in [5.74, 6) is 0. The molecule has 0 N–H and O–H groups in total. The van der Waals surface area contributed by atoms with Crippen molar-refractivity contribution in [1.29, 1.82) is 0 Å². The number of aromatic nitrogens is 1. The predicted octanol–water partition coefficient (Wildman–Crippen LogP) is 3.76. The molecule has 0 saturated carbocycles. The second-order valence-electron chi connectivity index (χ2n) is 3.29. The third kappa shape index (κ3) is 2.02. The molecule has 0 unspecified atom stereocenters. The molecule has 0 atom stereocenters. The van der Waals surface area contributed by atoms with Crippen LogP contribution in [-0.4, -0.2) is 4.98 Å². The van der Waals surface area contributed by atoms with Gasteiger partial charge in [0.05, 0.1) is 0 Å². The molecule has 14 heavy (non-hydrogen) atoms. The largest absolute Gasteiger partial charge is 0.245 e. The fraction of sp³-hybridized carbons (Fsp3) is 0.250. The van der Waals surface area contributed by atoms with Crippen LogP contribution in [0.4, 0.5) is 0 Å². The zero-order valence-electron chi connectivity index (χ0n) is 8.23. The molecule has 1 nitrogen and oxygen atoms in total. The van der Waals surface area contributed by atoms with Gasteiger partial charge in [0.25, 0.3) is 0 Å². The average Bonchev–Trinajstić information content (AvgIpc) is 2.71. The van der Waals surface area contributed by atoms with Crippen molar-refractivity contribution in [2.75, 3.05) is 0 Å². The minimum atomic E-state index is 1.11. The standard InChI is InChI=1S/C12H13NS/c1-2-4-10-5-3-6-11(9-10)12-13-7-8-14-12/h3,5-9H,2,4H2,1H3. The fourth-order valence-corrected chi connectivity index (χ4v) is 2.15. The van der Waals surface area contributed by atoms with Crippen LogP contribution in [0.2, 0.25) is 0 Å². The Morgan fingerprint density at radius 3 is 3.00 bits per heavy atom. The molecule has 1 heterocycles. The summed E-state index contributed by atoms with van der Waals surface area (Å²) in [6, 6.07) is 8.66. The van der Waals surface area contributed by atoms with E-state index in [9.17, 15) is 0 Å². The zero-order chi connectivity index (χ0) is 9.80. The number of hydrogen-bond donors (Lipinski definition) is 0. The zero-order valence-corrected chi connectivity index (χ0v) is 9.05. The van der Waals surface area contributed by atoms with E-state index in [-0.39, 0.29) is 0 Å². The van der Waals surface area contributed by atoms with Crippen molar-refractivity contribution in [3.8, 4) is 10.6 Å². The highest BCUT2D eigenvalue weighted by atomic mass is 32.1. The Morgan fingerprint density at radius 1 is 1.36 bits per heavy atom. The van der Waals surface area contributed by atoms with E-state index in [1.165, 1.54) is 17.5 Å². The smallest absolute Gasteiger partial charge is 0.123 e. The Morgan fingerprint density at radius 2 is 2.29 bits per heavy atom. The number of thiazole rings is 1. The van der Waals surface area contributed by atoms with E-state index >= 15 is 0 Å². The van der Waals surface area contributed by atoms with Crippen LogP contribution in [0.25, 0.3) is 10.6 Å². The van der Waals surface area contributed by atoms with Crippen molar-refractivity contribution < 1.29 is 0 Å². The van der Waals surface area contributed by atoms with Crippen LogP contribution < -0.4 is 0 Å². The van der Waals surface area contributed by atoms with Crippen LogP contribution in [0.5, 0.6) is 0 Å². The van der Waals surface area contributed by atoms with Crippen molar-refractivity contribution >= 4 is 11.3 Å². The molecule has 0 aliphatic carbocycles. The molecular formula is C12H13NS. The summed E-state index contributed by atoms with van der Waals surface area (Å²) in [5, 5.41) is 3.13. The Labute approximate surface area is 88.4 Å². The Hall–Kier alpha value is -1.15. The van der Waals surface area contributed by atoms with Gasteiger partial charge in [-0.25, -0.2) is 4.98 Å².